The van der Waals surface area contributed by atoms with Crippen LogP contribution in [0.3, 0.4) is 0 Å². The molecule has 1 atom stereocenters. The lowest BCUT2D eigenvalue weighted by Crippen LogP contribution is -2.26. The maximum atomic E-state index is 13.8. The Bertz CT molecular complexity index is 866. The van der Waals surface area contributed by atoms with Crippen LogP contribution in [0.4, 0.5) is 9.39 Å². The summed E-state index contributed by atoms with van der Waals surface area (Å²) >= 11 is 1.30. The number of hydrogen-bond donors (Lipinski definition) is 2. The van der Waals surface area contributed by atoms with E-state index in [1.807, 2.05) is 0 Å². The highest BCUT2D eigenvalue weighted by Gasteiger charge is 2.34. The Balaban J connectivity index is 1.94. The normalized spacial score (nSPS) is 16.8. The van der Waals surface area contributed by atoms with Crippen molar-refractivity contribution in [3.63, 3.8) is 0 Å². The third-order valence-corrected chi connectivity index (χ3v) is 6.22. The quantitative estimate of drug-likeness (QED) is 0.794. The molecule has 1 aliphatic rings. The van der Waals surface area contributed by atoms with E-state index in [2.05, 4.69) is 26.1 Å². The Kier molecular flexibility index (Phi) is 4.88. The summed E-state index contributed by atoms with van der Waals surface area (Å²) in [5.74, 6) is -1.85. The predicted molar refractivity (Wildman–Crippen MR) is 101 cm³/mol. The van der Waals surface area contributed by atoms with Gasteiger partial charge in [-0.15, -0.1) is 11.3 Å². The highest BCUT2D eigenvalue weighted by molar-refractivity contribution is 7.17. The summed E-state index contributed by atoms with van der Waals surface area (Å²) in [6.07, 6.45) is 2.42. The minimum absolute atomic E-state index is 0.0946. The number of rotatable bonds is 3. The zero-order valence-corrected chi connectivity index (χ0v) is 15.9. The molecule has 26 heavy (non-hydrogen) atoms. The molecule has 6 heteroatoms. The molecule has 1 heterocycles. The second-order valence-corrected chi connectivity index (χ2v) is 8.86. The van der Waals surface area contributed by atoms with Crippen LogP contribution in [0.5, 0.6) is 0 Å². The van der Waals surface area contributed by atoms with Gasteiger partial charge in [0.25, 0.3) is 5.91 Å². The van der Waals surface area contributed by atoms with Gasteiger partial charge < -0.3 is 10.4 Å². The van der Waals surface area contributed by atoms with E-state index >= 15 is 0 Å². The SMILES string of the molecule is CC(C)(C)[C@H]1CCc2c(sc(NC(=O)c3ccccc3F)c2C(=O)O)C1. The lowest BCUT2D eigenvalue weighted by atomic mass is 9.72. The summed E-state index contributed by atoms with van der Waals surface area (Å²) in [6.45, 7) is 6.57. The number of carbonyl (C=O) groups excluding carboxylic acids is 1. The Labute approximate surface area is 156 Å². The number of benzene rings is 1. The summed E-state index contributed by atoms with van der Waals surface area (Å²) in [7, 11) is 0. The maximum absolute atomic E-state index is 13.8. The average Bonchev–Trinajstić information content (AvgIpc) is 2.91. The molecule has 4 nitrogen and oxygen atoms in total. The van der Waals surface area contributed by atoms with Crippen LogP contribution < -0.4 is 5.32 Å². The Morgan fingerprint density at radius 3 is 2.58 bits per heavy atom. The highest BCUT2D eigenvalue weighted by Crippen LogP contribution is 2.44. The van der Waals surface area contributed by atoms with Gasteiger partial charge in [0.05, 0.1) is 11.1 Å². The minimum atomic E-state index is -1.06. The van der Waals surface area contributed by atoms with Gasteiger partial charge in [-0.05, 0) is 48.3 Å². The number of carboxylic acids is 1. The maximum Gasteiger partial charge on any atom is 0.339 e. The molecule has 2 N–H and O–H groups in total. The van der Waals surface area contributed by atoms with Crippen LogP contribution in [-0.4, -0.2) is 17.0 Å². The van der Waals surface area contributed by atoms with Gasteiger partial charge in [-0.2, -0.15) is 0 Å². The molecule has 0 aliphatic heterocycles. The molecule has 3 rings (SSSR count). The molecule has 2 aromatic rings. The average molecular weight is 375 g/mol. The van der Waals surface area contributed by atoms with E-state index < -0.39 is 17.7 Å². The lowest BCUT2D eigenvalue weighted by molar-refractivity contribution is 0.0696. The van der Waals surface area contributed by atoms with Crippen LogP contribution in [0.2, 0.25) is 0 Å². The first kappa shape index (κ1) is 18.6. The largest absolute Gasteiger partial charge is 0.478 e. The summed E-state index contributed by atoms with van der Waals surface area (Å²) in [6, 6.07) is 5.67. The topological polar surface area (TPSA) is 66.4 Å². The van der Waals surface area contributed by atoms with Crippen LogP contribution in [0.25, 0.3) is 0 Å². The molecule has 1 aromatic heterocycles. The molecule has 1 aliphatic carbocycles. The lowest BCUT2D eigenvalue weighted by Gasteiger charge is -2.33. The fourth-order valence-electron chi connectivity index (χ4n) is 3.46. The number of halogens is 1. The fraction of sp³-hybridized carbons (Fsp3) is 0.400. The summed E-state index contributed by atoms with van der Waals surface area (Å²) in [4.78, 5) is 25.2. The van der Waals surface area contributed by atoms with Gasteiger partial charge in [-0.1, -0.05) is 32.9 Å². The molecule has 1 amide bonds. The Morgan fingerprint density at radius 1 is 1.27 bits per heavy atom. The van der Waals surface area contributed by atoms with Crippen molar-refractivity contribution in [1.82, 2.24) is 0 Å². The van der Waals surface area contributed by atoms with Crippen LogP contribution in [0.1, 0.15) is 58.3 Å². The number of amides is 1. The zero-order valence-electron chi connectivity index (χ0n) is 15.1. The van der Waals surface area contributed by atoms with Crippen molar-refractivity contribution in [2.75, 3.05) is 5.32 Å². The van der Waals surface area contributed by atoms with Crippen molar-refractivity contribution in [1.29, 1.82) is 0 Å². The number of hydrogen-bond acceptors (Lipinski definition) is 3. The number of thiophene rings is 1. The first-order chi connectivity index (χ1) is 12.2. The molecule has 0 bridgehead atoms. The van der Waals surface area contributed by atoms with Gasteiger partial charge in [-0.25, -0.2) is 9.18 Å². The number of carboxylic acid groups (broad SMARTS) is 1. The first-order valence-corrected chi connectivity index (χ1v) is 9.44. The smallest absolute Gasteiger partial charge is 0.339 e. The minimum Gasteiger partial charge on any atom is -0.478 e. The fourth-order valence-corrected chi connectivity index (χ4v) is 4.77. The molecule has 0 unspecified atom stereocenters. The molecule has 0 radical (unpaired) electrons. The highest BCUT2D eigenvalue weighted by atomic mass is 32.1. The van der Waals surface area contributed by atoms with Crippen LogP contribution in [0, 0.1) is 17.2 Å². The third-order valence-electron chi connectivity index (χ3n) is 5.05. The summed E-state index contributed by atoms with van der Waals surface area (Å²) in [5.41, 5.74) is 1.01. The predicted octanol–water partition coefficient (Wildman–Crippen LogP) is 4.99. The van der Waals surface area contributed by atoms with Crippen molar-refractivity contribution < 1.29 is 19.1 Å². The molecule has 0 saturated carbocycles. The monoisotopic (exact) mass is 375 g/mol. The second-order valence-electron chi connectivity index (χ2n) is 7.75. The van der Waals surface area contributed by atoms with E-state index in [1.54, 1.807) is 6.07 Å². The van der Waals surface area contributed by atoms with Gasteiger partial charge in [-0.3, -0.25) is 4.79 Å². The molecule has 0 saturated heterocycles. The Hall–Kier alpha value is -2.21. The Morgan fingerprint density at radius 2 is 1.96 bits per heavy atom. The summed E-state index contributed by atoms with van der Waals surface area (Å²) in [5, 5.41) is 12.6. The number of nitrogens with one attached hydrogen (secondary N) is 1. The number of aromatic carboxylic acids is 1. The second kappa shape index (κ2) is 6.83. The summed E-state index contributed by atoms with van der Waals surface area (Å²) < 4.78 is 13.8. The molecule has 0 spiro atoms. The van der Waals surface area contributed by atoms with Crippen molar-refractivity contribution in [3.8, 4) is 0 Å². The van der Waals surface area contributed by atoms with Crippen LogP contribution >= 0.6 is 11.3 Å². The van der Waals surface area contributed by atoms with Gasteiger partial charge in [0.15, 0.2) is 0 Å². The first-order valence-electron chi connectivity index (χ1n) is 8.62. The number of anilines is 1. The molecule has 1 aromatic carbocycles. The van der Waals surface area contributed by atoms with Crippen LogP contribution in [0.15, 0.2) is 24.3 Å². The molecule has 0 fully saturated rings. The third kappa shape index (κ3) is 3.51. The zero-order chi connectivity index (χ0) is 19.1. The van der Waals surface area contributed by atoms with Crippen molar-refractivity contribution in [2.24, 2.45) is 11.3 Å². The number of fused-ring (bicyclic) bond motifs is 1. The van der Waals surface area contributed by atoms with E-state index in [9.17, 15) is 19.1 Å². The van der Waals surface area contributed by atoms with Gasteiger partial charge in [0.1, 0.15) is 10.8 Å². The van der Waals surface area contributed by atoms with Gasteiger partial charge >= 0.3 is 5.97 Å². The van der Waals surface area contributed by atoms with E-state index in [-0.39, 0.29) is 16.5 Å². The van der Waals surface area contributed by atoms with Gasteiger partial charge in [0.2, 0.25) is 0 Å². The van der Waals surface area contributed by atoms with E-state index in [4.69, 9.17) is 0 Å². The molecular weight excluding hydrogens is 353 g/mol. The molecule has 138 valence electrons. The number of carbonyl (C=O) groups is 2. The standard InChI is InChI=1S/C20H22FNO3S/c1-20(2,3)11-8-9-13-15(10-11)26-18(16(13)19(24)25)22-17(23)12-6-4-5-7-14(12)21/h4-7,11H,8-10H2,1-3H3,(H,22,23)(H,24,25)/t11-/m0/s1. The van der Waals surface area contributed by atoms with Gasteiger partial charge in [0, 0.05) is 4.88 Å². The van der Waals surface area contributed by atoms with Crippen LogP contribution in [-0.2, 0) is 12.8 Å². The van der Waals surface area contributed by atoms with Crippen molar-refractivity contribution >= 4 is 28.2 Å². The molecular formula is C20H22FNO3S. The van der Waals surface area contributed by atoms with E-state index in [1.165, 1.54) is 29.5 Å². The van der Waals surface area contributed by atoms with E-state index in [0.717, 1.165) is 23.3 Å². The van der Waals surface area contributed by atoms with Crippen molar-refractivity contribution in [3.05, 3.63) is 51.7 Å². The van der Waals surface area contributed by atoms with Crippen molar-refractivity contribution in [2.45, 2.75) is 40.0 Å². The van der Waals surface area contributed by atoms with E-state index in [0.29, 0.717) is 17.3 Å².